The van der Waals surface area contributed by atoms with Gasteiger partial charge in [0.05, 0.1) is 25.6 Å². The van der Waals surface area contributed by atoms with E-state index in [-0.39, 0.29) is 19.0 Å². The predicted molar refractivity (Wildman–Crippen MR) is 38.4 cm³/mol. The summed E-state index contributed by atoms with van der Waals surface area (Å²) in [5.41, 5.74) is -1.05. The largest absolute Gasteiger partial charge is 0.505 e. The van der Waals surface area contributed by atoms with E-state index in [1.165, 1.54) is 12.4 Å². The van der Waals surface area contributed by atoms with Crippen LogP contribution in [0.25, 0.3) is 0 Å². The molecule has 0 unspecified atom stereocenters. The van der Waals surface area contributed by atoms with Crippen LogP contribution < -0.4 is 0 Å². The van der Waals surface area contributed by atoms with E-state index in [1.807, 2.05) is 0 Å². The van der Waals surface area contributed by atoms with Gasteiger partial charge in [-0.1, -0.05) is 0 Å². The predicted octanol–water partition coefficient (Wildman–Crippen LogP) is -0.600. The summed E-state index contributed by atoms with van der Waals surface area (Å²) in [5, 5.41) is 18.5. The van der Waals surface area contributed by atoms with Crippen LogP contribution >= 0.6 is 0 Å². The van der Waals surface area contributed by atoms with E-state index in [4.69, 9.17) is 9.84 Å². The average molecular weight is 168 g/mol. The normalized spacial score (nSPS) is 20.1. The lowest BCUT2D eigenvalue weighted by atomic mass is 10.0. The highest BCUT2D eigenvalue weighted by Crippen LogP contribution is 2.26. The first kappa shape index (κ1) is 7.45. The first-order chi connectivity index (χ1) is 5.71. The van der Waals surface area contributed by atoms with Crippen LogP contribution in [-0.4, -0.2) is 33.4 Å². The molecule has 0 saturated carbocycles. The smallest absolute Gasteiger partial charge is 0.170 e. The van der Waals surface area contributed by atoms with Crippen LogP contribution in [0.3, 0.4) is 0 Å². The van der Waals surface area contributed by atoms with Crippen molar-refractivity contribution in [1.29, 1.82) is 0 Å². The summed E-state index contributed by atoms with van der Waals surface area (Å²) in [5.74, 6) is 0.286. The van der Waals surface area contributed by atoms with Gasteiger partial charge in [0.1, 0.15) is 0 Å². The topological polar surface area (TPSA) is 75.5 Å². The minimum Gasteiger partial charge on any atom is -0.505 e. The van der Waals surface area contributed by atoms with Crippen LogP contribution in [0.4, 0.5) is 0 Å². The quantitative estimate of drug-likeness (QED) is 0.585. The van der Waals surface area contributed by atoms with Crippen molar-refractivity contribution in [3.05, 3.63) is 18.2 Å². The molecule has 0 bridgehead atoms. The molecule has 0 aromatic carbocycles. The maximum atomic E-state index is 9.64. The third-order valence-corrected chi connectivity index (χ3v) is 1.74. The molecule has 5 nitrogen and oxygen atoms in total. The average Bonchev–Trinajstić information content (AvgIpc) is 2.02. The van der Waals surface area contributed by atoms with Crippen molar-refractivity contribution < 1.29 is 14.9 Å². The second kappa shape index (κ2) is 2.40. The number of aliphatic hydroxyl groups is 1. The lowest BCUT2D eigenvalue weighted by Gasteiger charge is -2.34. The number of ether oxygens (including phenoxy) is 1. The summed E-state index contributed by atoms with van der Waals surface area (Å²) in [6.07, 6.45) is 2.50. The Hall–Kier alpha value is -1.20. The van der Waals surface area contributed by atoms with Gasteiger partial charge in [-0.25, -0.2) is 9.97 Å². The Morgan fingerprint density at radius 1 is 1.33 bits per heavy atom. The van der Waals surface area contributed by atoms with Gasteiger partial charge >= 0.3 is 0 Å². The molecule has 64 valence electrons. The van der Waals surface area contributed by atoms with Crippen molar-refractivity contribution >= 4 is 0 Å². The molecule has 2 rings (SSSR count). The molecule has 0 spiro atoms. The summed E-state index contributed by atoms with van der Waals surface area (Å²) in [4.78, 5) is 7.56. The SMILES string of the molecule is Oc1cnc(C2(O)COC2)nc1. The number of nitrogens with zero attached hydrogens (tertiary/aromatic N) is 2. The van der Waals surface area contributed by atoms with Crippen molar-refractivity contribution in [1.82, 2.24) is 9.97 Å². The Kier molecular flexibility index (Phi) is 1.49. The first-order valence-electron chi connectivity index (χ1n) is 3.52. The zero-order valence-corrected chi connectivity index (χ0v) is 6.27. The van der Waals surface area contributed by atoms with Gasteiger partial charge < -0.3 is 14.9 Å². The van der Waals surface area contributed by atoms with Gasteiger partial charge in [0, 0.05) is 0 Å². The minimum atomic E-state index is -1.05. The molecule has 1 saturated heterocycles. The Morgan fingerprint density at radius 2 is 1.92 bits per heavy atom. The van der Waals surface area contributed by atoms with Crippen molar-refractivity contribution in [2.24, 2.45) is 0 Å². The van der Waals surface area contributed by atoms with E-state index >= 15 is 0 Å². The highest BCUT2D eigenvalue weighted by atomic mass is 16.5. The minimum absolute atomic E-state index is 0.0115. The van der Waals surface area contributed by atoms with Gasteiger partial charge in [0.2, 0.25) is 0 Å². The fraction of sp³-hybridized carbons (Fsp3) is 0.429. The first-order valence-corrected chi connectivity index (χ1v) is 3.52. The lowest BCUT2D eigenvalue weighted by Crippen LogP contribution is -2.47. The van der Waals surface area contributed by atoms with Crippen LogP contribution in [0.15, 0.2) is 12.4 Å². The molecule has 2 N–H and O–H groups in total. The molecule has 0 aliphatic carbocycles. The van der Waals surface area contributed by atoms with Crippen molar-refractivity contribution in [2.45, 2.75) is 5.60 Å². The maximum Gasteiger partial charge on any atom is 0.170 e. The molecule has 12 heavy (non-hydrogen) atoms. The summed E-state index contributed by atoms with van der Waals surface area (Å²) < 4.78 is 4.83. The zero-order chi connectivity index (χ0) is 8.60. The van der Waals surface area contributed by atoms with Crippen molar-refractivity contribution in [3.63, 3.8) is 0 Å². The zero-order valence-electron chi connectivity index (χ0n) is 6.27. The maximum absolute atomic E-state index is 9.64. The fourth-order valence-electron chi connectivity index (χ4n) is 0.986. The van der Waals surface area contributed by atoms with Crippen LogP contribution in [0.2, 0.25) is 0 Å². The Balaban J connectivity index is 2.28. The highest BCUT2D eigenvalue weighted by Gasteiger charge is 2.40. The molecule has 1 fully saturated rings. The van der Waals surface area contributed by atoms with Gasteiger partial charge in [0.15, 0.2) is 17.2 Å². The van der Waals surface area contributed by atoms with Gasteiger partial charge in [-0.3, -0.25) is 0 Å². The van der Waals surface area contributed by atoms with E-state index in [1.54, 1.807) is 0 Å². The van der Waals surface area contributed by atoms with Crippen molar-refractivity contribution in [3.8, 4) is 5.75 Å². The molecule has 0 radical (unpaired) electrons. The van der Waals surface area contributed by atoms with E-state index < -0.39 is 5.60 Å². The molecule has 1 aromatic rings. The number of hydrogen-bond acceptors (Lipinski definition) is 5. The Labute approximate surface area is 68.7 Å². The molecule has 0 amide bonds. The molecule has 2 heterocycles. The Morgan fingerprint density at radius 3 is 2.33 bits per heavy atom. The van der Waals surface area contributed by atoms with Crippen LogP contribution in [0.5, 0.6) is 5.75 Å². The van der Waals surface area contributed by atoms with Gasteiger partial charge in [-0.15, -0.1) is 0 Å². The second-order valence-corrected chi connectivity index (χ2v) is 2.79. The molecular formula is C7H8N2O3. The van der Waals surface area contributed by atoms with E-state index in [9.17, 15) is 5.11 Å². The molecular weight excluding hydrogens is 160 g/mol. The van der Waals surface area contributed by atoms with Crippen molar-refractivity contribution in [2.75, 3.05) is 13.2 Å². The van der Waals surface area contributed by atoms with E-state index in [2.05, 4.69) is 9.97 Å². The molecule has 1 aliphatic rings. The lowest BCUT2D eigenvalue weighted by molar-refractivity contribution is -0.189. The van der Waals surface area contributed by atoms with Gasteiger partial charge in [-0.2, -0.15) is 0 Å². The summed E-state index contributed by atoms with van der Waals surface area (Å²) in [6.45, 7) is 0.440. The molecule has 1 aliphatic heterocycles. The van der Waals surface area contributed by atoms with E-state index in [0.717, 1.165) is 0 Å². The fourth-order valence-corrected chi connectivity index (χ4v) is 0.986. The highest BCUT2D eigenvalue weighted by molar-refractivity contribution is 5.14. The monoisotopic (exact) mass is 168 g/mol. The number of aromatic nitrogens is 2. The van der Waals surface area contributed by atoms with Crippen LogP contribution in [0.1, 0.15) is 5.82 Å². The molecule has 5 heteroatoms. The summed E-state index contributed by atoms with van der Waals surface area (Å²) in [6, 6.07) is 0. The number of aromatic hydroxyl groups is 1. The standard InChI is InChI=1S/C7H8N2O3/c10-5-1-8-6(9-2-5)7(11)3-12-4-7/h1-2,10-11H,3-4H2. The van der Waals surface area contributed by atoms with Crippen LogP contribution in [0, 0.1) is 0 Å². The van der Waals surface area contributed by atoms with Gasteiger partial charge in [-0.05, 0) is 0 Å². The number of hydrogen-bond donors (Lipinski definition) is 2. The van der Waals surface area contributed by atoms with E-state index in [0.29, 0.717) is 5.82 Å². The summed E-state index contributed by atoms with van der Waals surface area (Å²) in [7, 11) is 0. The Bertz CT molecular complexity index is 281. The summed E-state index contributed by atoms with van der Waals surface area (Å²) >= 11 is 0. The third-order valence-electron chi connectivity index (χ3n) is 1.74. The third kappa shape index (κ3) is 1.03. The molecule has 0 atom stereocenters. The van der Waals surface area contributed by atoms with Crippen LogP contribution in [-0.2, 0) is 10.3 Å². The molecule has 1 aromatic heterocycles. The number of rotatable bonds is 1. The van der Waals surface area contributed by atoms with Gasteiger partial charge in [0.25, 0.3) is 0 Å². The second-order valence-electron chi connectivity index (χ2n) is 2.79.